The fourth-order valence-corrected chi connectivity index (χ4v) is 3.54. The molecule has 0 aliphatic heterocycles. The summed E-state index contributed by atoms with van der Waals surface area (Å²) < 4.78 is 35.0. The van der Waals surface area contributed by atoms with Crippen LogP contribution in [-0.4, -0.2) is 21.2 Å². The Bertz CT molecular complexity index is 1010. The summed E-state index contributed by atoms with van der Waals surface area (Å²) in [7, 11) is -2.25. The number of hydrogen-bond donors (Lipinski definition) is 0. The number of sulfonamides is 1. The van der Waals surface area contributed by atoms with Crippen molar-refractivity contribution in [3.05, 3.63) is 95.6 Å². The summed E-state index contributed by atoms with van der Waals surface area (Å²) >= 11 is 0. The van der Waals surface area contributed by atoms with E-state index in [1.54, 1.807) is 55.6 Å². The number of nitrogens with zero attached hydrogens (tertiary/aromatic N) is 1. The highest BCUT2D eigenvalue weighted by atomic mass is 32.2. The third-order valence-corrected chi connectivity index (χ3v) is 5.23. The van der Waals surface area contributed by atoms with E-state index in [1.165, 1.54) is 0 Å². The van der Waals surface area contributed by atoms with Crippen LogP contribution in [-0.2, 0) is 10.0 Å². The zero-order valence-electron chi connectivity index (χ0n) is 14.6. The van der Waals surface area contributed by atoms with E-state index in [4.69, 9.17) is 4.74 Å². The lowest BCUT2D eigenvalue weighted by atomic mass is 10.0. The predicted molar refractivity (Wildman–Crippen MR) is 103 cm³/mol. The fraction of sp³-hybridized carbons (Fsp3) is 0.0952. The molecule has 3 aromatic rings. The molecular formula is C21H19NO3S. The Labute approximate surface area is 153 Å². The van der Waals surface area contributed by atoms with Gasteiger partial charge < -0.3 is 4.74 Å². The van der Waals surface area contributed by atoms with Crippen LogP contribution in [0.5, 0.6) is 5.75 Å². The number of benzene rings is 3. The molecule has 26 heavy (non-hydrogen) atoms. The van der Waals surface area contributed by atoms with Crippen molar-refractivity contribution >= 4 is 15.7 Å². The number of ether oxygens (including phenoxy) is 1. The van der Waals surface area contributed by atoms with Crippen molar-refractivity contribution in [1.29, 1.82) is 0 Å². The van der Waals surface area contributed by atoms with Crippen molar-refractivity contribution in [2.24, 2.45) is 4.40 Å². The first kappa shape index (κ1) is 17.9. The molecular weight excluding hydrogens is 346 g/mol. The van der Waals surface area contributed by atoms with Gasteiger partial charge in [0, 0.05) is 11.1 Å². The lowest BCUT2D eigenvalue weighted by Gasteiger charge is -2.09. The molecule has 5 heteroatoms. The molecule has 0 unspecified atom stereocenters. The topological polar surface area (TPSA) is 55.7 Å². The molecule has 0 saturated heterocycles. The van der Waals surface area contributed by atoms with Gasteiger partial charge in [-0.15, -0.1) is 0 Å². The summed E-state index contributed by atoms with van der Waals surface area (Å²) in [6, 6.07) is 23.1. The lowest BCUT2D eigenvalue weighted by Crippen LogP contribution is -2.08. The smallest absolute Gasteiger partial charge is 0.282 e. The molecule has 0 aliphatic carbocycles. The Morgan fingerprint density at radius 1 is 0.808 bits per heavy atom. The van der Waals surface area contributed by atoms with Crippen molar-refractivity contribution in [3.63, 3.8) is 0 Å². The zero-order chi connectivity index (χ0) is 18.6. The van der Waals surface area contributed by atoms with Crippen molar-refractivity contribution in [1.82, 2.24) is 0 Å². The Morgan fingerprint density at radius 3 is 1.96 bits per heavy atom. The molecule has 0 aliphatic rings. The average Bonchev–Trinajstić information content (AvgIpc) is 2.67. The SMILES string of the molecule is COc1ccc(/C(=N/S(=O)(=O)c2ccc(C)cc2)c2ccccc2)cc1. The van der Waals surface area contributed by atoms with Crippen LogP contribution in [0.1, 0.15) is 16.7 Å². The van der Waals surface area contributed by atoms with Crippen LogP contribution in [0.3, 0.4) is 0 Å². The van der Waals surface area contributed by atoms with Gasteiger partial charge in [0.15, 0.2) is 0 Å². The second kappa shape index (κ2) is 7.54. The number of rotatable bonds is 5. The molecule has 0 bridgehead atoms. The highest BCUT2D eigenvalue weighted by Crippen LogP contribution is 2.20. The van der Waals surface area contributed by atoms with Gasteiger partial charge in [-0.3, -0.25) is 0 Å². The van der Waals surface area contributed by atoms with Crippen LogP contribution < -0.4 is 4.74 Å². The third-order valence-electron chi connectivity index (χ3n) is 3.94. The zero-order valence-corrected chi connectivity index (χ0v) is 15.4. The van der Waals surface area contributed by atoms with Crippen LogP contribution >= 0.6 is 0 Å². The summed E-state index contributed by atoms with van der Waals surface area (Å²) in [5, 5.41) is 0. The summed E-state index contributed by atoms with van der Waals surface area (Å²) in [5.41, 5.74) is 2.82. The van der Waals surface area contributed by atoms with E-state index in [1.807, 2.05) is 37.3 Å². The molecule has 0 saturated carbocycles. The maximum atomic E-state index is 12.8. The largest absolute Gasteiger partial charge is 0.497 e. The standard InChI is InChI=1S/C21H19NO3S/c1-16-8-14-20(15-9-16)26(23,24)22-21(17-6-4-3-5-7-17)18-10-12-19(25-2)13-11-18/h3-15H,1-2H3/b22-21+. The second-order valence-electron chi connectivity index (χ2n) is 5.82. The Balaban J connectivity index is 2.13. The Morgan fingerprint density at radius 2 is 1.38 bits per heavy atom. The van der Waals surface area contributed by atoms with Crippen LogP contribution in [0, 0.1) is 6.92 Å². The van der Waals surface area contributed by atoms with Crippen LogP contribution in [0.15, 0.2) is 88.2 Å². The van der Waals surface area contributed by atoms with Crippen molar-refractivity contribution in [2.75, 3.05) is 7.11 Å². The van der Waals surface area contributed by atoms with Gasteiger partial charge in [-0.1, -0.05) is 48.0 Å². The molecule has 0 amide bonds. The van der Waals surface area contributed by atoms with E-state index < -0.39 is 10.0 Å². The van der Waals surface area contributed by atoms with Gasteiger partial charge in [0.2, 0.25) is 0 Å². The average molecular weight is 365 g/mol. The molecule has 0 atom stereocenters. The van der Waals surface area contributed by atoms with Gasteiger partial charge in [0.05, 0.1) is 17.7 Å². The molecule has 0 spiro atoms. The van der Waals surface area contributed by atoms with E-state index in [0.29, 0.717) is 17.0 Å². The first-order valence-corrected chi connectivity index (χ1v) is 9.55. The first-order valence-electron chi connectivity index (χ1n) is 8.11. The second-order valence-corrected chi connectivity index (χ2v) is 7.43. The molecule has 4 nitrogen and oxygen atoms in total. The maximum Gasteiger partial charge on any atom is 0.282 e. The summed E-state index contributed by atoms with van der Waals surface area (Å²) in [6.45, 7) is 1.91. The summed E-state index contributed by atoms with van der Waals surface area (Å²) in [5.74, 6) is 0.697. The highest BCUT2D eigenvalue weighted by Gasteiger charge is 2.16. The minimum Gasteiger partial charge on any atom is -0.497 e. The van der Waals surface area contributed by atoms with Crippen LogP contribution in [0.2, 0.25) is 0 Å². The molecule has 0 N–H and O–H groups in total. The predicted octanol–water partition coefficient (Wildman–Crippen LogP) is 4.23. The highest BCUT2D eigenvalue weighted by molar-refractivity contribution is 7.90. The Hall–Kier alpha value is -2.92. The monoisotopic (exact) mass is 365 g/mol. The van der Waals surface area contributed by atoms with Crippen molar-refractivity contribution < 1.29 is 13.2 Å². The van der Waals surface area contributed by atoms with Crippen molar-refractivity contribution in [3.8, 4) is 5.75 Å². The van der Waals surface area contributed by atoms with E-state index in [0.717, 1.165) is 11.1 Å². The summed E-state index contributed by atoms with van der Waals surface area (Å²) in [4.78, 5) is 0.171. The van der Waals surface area contributed by atoms with Gasteiger partial charge in [-0.25, -0.2) is 0 Å². The van der Waals surface area contributed by atoms with Gasteiger partial charge in [0.1, 0.15) is 5.75 Å². The normalized spacial score (nSPS) is 12.0. The van der Waals surface area contributed by atoms with E-state index in [9.17, 15) is 8.42 Å². The van der Waals surface area contributed by atoms with Gasteiger partial charge >= 0.3 is 0 Å². The van der Waals surface area contributed by atoms with E-state index in [2.05, 4.69) is 4.40 Å². The minimum absolute atomic E-state index is 0.171. The minimum atomic E-state index is -3.83. The van der Waals surface area contributed by atoms with Gasteiger partial charge in [0.25, 0.3) is 10.0 Å². The van der Waals surface area contributed by atoms with E-state index >= 15 is 0 Å². The first-order chi connectivity index (χ1) is 12.5. The summed E-state index contributed by atoms with van der Waals surface area (Å²) in [6.07, 6.45) is 0. The molecule has 0 heterocycles. The third kappa shape index (κ3) is 4.00. The van der Waals surface area contributed by atoms with E-state index in [-0.39, 0.29) is 4.90 Å². The van der Waals surface area contributed by atoms with Crippen molar-refractivity contribution in [2.45, 2.75) is 11.8 Å². The molecule has 132 valence electrons. The number of methoxy groups -OCH3 is 1. The molecule has 3 rings (SSSR count). The van der Waals surface area contributed by atoms with Crippen LogP contribution in [0.4, 0.5) is 0 Å². The fourth-order valence-electron chi connectivity index (χ4n) is 2.50. The quantitative estimate of drug-likeness (QED) is 0.636. The maximum absolute atomic E-state index is 12.8. The molecule has 0 radical (unpaired) electrons. The lowest BCUT2D eigenvalue weighted by molar-refractivity contribution is 0.415. The molecule has 0 fully saturated rings. The number of aryl methyl sites for hydroxylation is 1. The molecule has 0 aromatic heterocycles. The molecule has 3 aromatic carbocycles. The number of hydrogen-bond acceptors (Lipinski definition) is 3. The van der Waals surface area contributed by atoms with Gasteiger partial charge in [-0.2, -0.15) is 12.8 Å². The van der Waals surface area contributed by atoms with Gasteiger partial charge in [-0.05, 0) is 43.3 Å². The van der Waals surface area contributed by atoms with Crippen LogP contribution in [0.25, 0.3) is 0 Å². The Kier molecular flexibility index (Phi) is 5.19.